The lowest BCUT2D eigenvalue weighted by molar-refractivity contribution is 0.0697. The standard InChI is InChI=1S/C46H32N4O3/c1-53-33-18-16-31(17-19-33)45-40-26-22-36(49-40)42(28-8-4-2-5-9-28)34-20-24-38(47-34)44(30-12-14-32(15-13-30)46(51)52)39-25-21-35(48-39)43(29-10-6-3-7-11-29)37-23-27-41(45)50-37/h2-27,47,50H,1H3,(H,51,52). The highest BCUT2D eigenvalue weighted by Crippen LogP contribution is 2.38. The largest absolute Gasteiger partial charge is 0.497 e. The van der Waals surface area contributed by atoms with E-state index in [2.05, 4.69) is 82.8 Å². The van der Waals surface area contributed by atoms with E-state index in [1.165, 1.54) is 0 Å². The number of aromatic amines is 2. The van der Waals surface area contributed by atoms with Gasteiger partial charge in [0.05, 0.1) is 35.4 Å². The number of nitrogens with zero attached hydrogens (tertiary/aromatic N) is 2. The lowest BCUT2D eigenvalue weighted by Crippen LogP contribution is -1.95. The van der Waals surface area contributed by atoms with Crippen molar-refractivity contribution in [1.29, 1.82) is 0 Å². The number of carbonyl (C=O) groups is 1. The number of rotatable bonds is 6. The summed E-state index contributed by atoms with van der Waals surface area (Å²) in [5, 5.41) is 9.65. The van der Waals surface area contributed by atoms with Crippen molar-refractivity contribution < 1.29 is 14.6 Å². The molecule has 8 bridgehead atoms. The number of aromatic nitrogens is 4. The number of methoxy groups -OCH3 is 1. The van der Waals surface area contributed by atoms with Gasteiger partial charge in [-0.25, -0.2) is 14.8 Å². The van der Waals surface area contributed by atoms with Gasteiger partial charge in [-0.05, 0) is 95.1 Å². The third kappa shape index (κ3) is 5.80. The van der Waals surface area contributed by atoms with Crippen molar-refractivity contribution in [2.24, 2.45) is 0 Å². The van der Waals surface area contributed by atoms with E-state index in [1.807, 2.05) is 72.8 Å². The Morgan fingerprint density at radius 1 is 0.472 bits per heavy atom. The zero-order valence-electron chi connectivity index (χ0n) is 28.7. The Balaban J connectivity index is 1.45. The van der Waals surface area contributed by atoms with Crippen LogP contribution >= 0.6 is 0 Å². The first-order chi connectivity index (χ1) is 26.0. The first kappa shape index (κ1) is 31.7. The Morgan fingerprint density at radius 2 is 0.811 bits per heavy atom. The molecule has 7 aromatic rings. The molecule has 0 unspecified atom stereocenters. The first-order valence-electron chi connectivity index (χ1n) is 17.3. The van der Waals surface area contributed by atoms with Crippen LogP contribution in [0.3, 0.4) is 0 Å². The van der Waals surface area contributed by atoms with E-state index in [-0.39, 0.29) is 5.56 Å². The van der Waals surface area contributed by atoms with Crippen molar-refractivity contribution in [3.63, 3.8) is 0 Å². The van der Waals surface area contributed by atoms with Crippen molar-refractivity contribution in [3.8, 4) is 50.3 Å². The molecular formula is C46H32N4O3. The average molecular weight is 689 g/mol. The van der Waals surface area contributed by atoms with E-state index >= 15 is 0 Å². The summed E-state index contributed by atoms with van der Waals surface area (Å²) in [6, 6.07) is 43.9. The van der Waals surface area contributed by atoms with Gasteiger partial charge in [0.1, 0.15) is 5.75 Å². The van der Waals surface area contributed by atoms with Crippen LogP contribution in [0.4, 0.5) is 0 Å². The Kier molecular flexibility index (Phi) is 7.86. The van der Waals surface area contributed by atoms with Crippen LogP contribution in [-0.4, -0.2) is 38.1 Å². The zero-order chi connectivity index (χ0) is 35.9. The molecule has 3 aromatic heterocycles. The topological polar surface area (TPSA) is 104 Å². The fourth-order valence-electron chi connectivity index (χ4n) is 7.17. The molecule has 0 spiro atoms. The van der Waals surface area contributed by atoms with Gasteiger partial charge in [-0.3, -0.25) is 0 Å². The van der Waals surface area contributed by atoms with Gasteiger partial charge in [-0.15, -0.1) is 0 Å². The molecule has 0 radical (unpaired) electrons. The van der Waals surface area contributed by atoms with Crippen molar-refractivity contribution in [2.45, 2.75) is 0 Å². The number of nitrogens with one attached hydrogen (secondary N) is 2. The number of carboxylic acids is 1. The van der Waals surface area contributed by atoms with E-state index < -0.39 is 5.97 Å². The van der Waals surface area contributed by atoms with Crippen LogP contribution in [0.15, 0.2) is 133 Å². The summed E-state index contributed by atoms with van der Waals surface area (Å²) < 4.78 is 5.50. The number of aromatic carboxylic acids is 1. The summed E-state index contributed by atoms with van der Waals surface area (Å²) in [5.41, 5.74) is 14.6. The molecule has 0 saturated carbocycles. The molecule has 7 heteroatoms. The maximum absolute atomic E-state index is 11.8. The molecule has 0 amide bonds. The van der Waals surface area contributed by atoms with Crippen LogP contribution in [0.5, 0.6) is 5.75 Å². The Bertz CT molecular complexity index is 2720. The van der Waals surface area contributed by atoms with Gasteiger partial charge in [0.25, 0.3) is 0 Å². The van der Waals surface area contributed by atoms with Gasteiger partial charge < -0.3 is 19.8 Å². The highest BCUT2D eigenvalue weighted by Gasteiger charge is 2.19. The highest BCUT2D eigenvalue weighted by molar-refractivity contribution is 6.00. The summed E-state index contributed by atoms with van der Waals surface area (Å²) in [5.74, 6) is -0.196. The average Bonchev–Trinajstić information content (AvgIpc) is 4.04. The van der Waals surface area contributed by atoms with Gasteiger partial charge in [0.15, 0.2) is 0 Å². The second-order valence-corrected chi connectivity index (χ2v) is 12.8. The second kappa shape index (κ2) is 13.1. The Labute approximate surface area is 305 Å². The van der Waals surface area contributed by atoms with Crippen molar-refractivity contribution in [3.05, 3.63) is 162 Å². The van der Waals surface area contributed by atoms with Crippen LogP contribution in [0, 0.1) is 0 Å². The number of fused-ring (bicyclic) bond motifs is 8. The summed E-state index contributed by atoms with van der Waals surface area (Å²) in [4.78, 5) is 29.9. The first-order valence-corrected chi connectivity index (χ1v) is 17.3. The molecule has 2 aliphatic rings. The fraction of sp³-hybridized carbons (Fsp3) is 0.0217. The molecule has 0 atom stereocenters. The number of ether oxygens (including phenoxy) is 1. The van der Waals surface area contributed by atoms with Gasteiger partial charge in [0.2, 0.25) is 0 Å². The van der Waals surface area contributed by atoms with Crippen molar-refractivity contribution >= 4 is 52.3 Å². The van der Waals surface area contributed by atoms with Crippen LogP contribution in [0.2, 0.25) is 0 Å². The third-order valence-corrected chi connectivity index (χ3v) is 9.68. The molecule has 7 nitrogen and oxygen atoms in total. The van der Waals surface area contributed by atoms with E-state index in [4.69, 9.17) is 14.7 Å². The third-order valence-electron chi connectivity index (χ3n) is 9.68. The Morgan fingerprint density at radius 3 is 1.15 bits per heavy atom. The smallest absolute Gasteiger partial charge is 0.335 e. The number of H-pyrrole nitrogens is 2. The highest BCUT2D eigenvalue weighted by atomic mass is 16.5. The Hall–Kier alpha value is -7.25. The minimum atomic E-state index is -0.973. The lowest BCUT2D eigenvalue weighted by atomic mass is 10.0. The summed E-state index contributed by atoms with van der Waals surface area (Å²) in [6.07, 6.45) is 8.23. The molecule has 3 N–H and O–H groups in total. The molecule has 254 valence electrons. The summed E-state index contributed by atoms with van der Waals surface area (Å²) in [6.45, 7) is 0. The number of carboxylic acid groups (broad SMARTS) is 1. The molecule has 53 heavy (non-hydrogen) atoms. The SMILES string of the molecule is COc1ccc(-c2c3nc(c(-c4ccccc4)c4ccc([nH]4)c(-c4ccc(C(=O)O)cc4)c4nc(c(-c5ccccc5)c5ccc2[nH]5)C=C4)C=C3)cc1. The van der Waals surface area contributed by atoms with Crippen LogP contribution in [0.1, 0.15) is 33.1 Å². The normalized spacial score (nSPS) is 11.9. The number of benzene rings is 4. The quantitative estimate of drug-likeness (QED) is 0.161. The molecular weight excluding hydrogens is 657 g/mol. The number of hydrogen-bond donors (Lipinski definition) is 3. The zero-order valence-corrected chi connectivity index (χ0v) is 28.7. The fourth-order valence-corrected chi connectivity index (χ4v) is 7.17. The van der Waals surface area contributed by atoms with Crippen molar-refractivity contribution in [2.75, 3.05) is 7.11 Å². The molecule has 5 heterocycles. The molecule has 0 saturated heterocycles. The maximum Gasteiger partial charge on any atom is 0.335 e. The second-order valence-electron chi connectivity index (χ2n) is 12.8. The molecule has 9 rings (SSSR count). The van der Waals surface area contributed by atoms with Gasteiger partial charge in [0, 0.05) is 44.3 Å². The molecule has 2 aliphatic heterocycles. The van der Waals surface area contributed by atoms with Crippen LogP contribution in [-0.2, 0) is 0 Å². The summed E-state index contributed by atoms with van der Waals surface area (Å²) in [7, 11) is 1.67. The molecule has 0 fully saturated rings. The molecule has 4 aromatic carbocycles. The molecule has 0 aliphatic carbocycles. The predicted molar refractivity (Wildman–Crippen MR) is 214 cm³/mol. The predicted octanol–water partition coefficient (Wildman–Crippen LogP) is 11.0. The van der Waals surface area contributed by atoms with Crippen LogP contribution < -0.4 is 4.74 Å². The van der Waals surface area contributed by atoms with Crippen LogP contribution in [0.25, 0.3) is 90.9 Å². The van der Waals surface area contributed by atoms with Gasteiger partial charge in [-0.1, -0.05) is 84.9 Å². The summed E-state index contributed by atoms with van der Waals surface area (Å²) >= 11 is 0. The maximum atomic E-state index is 11.8. The van der Waals surface area contributed by atoms with Gasteiger partial charge >= 0.3 is 5.97 Å². The van der Waals surface area contributed by atoms with Crippen molar-refractivity contribution in [1.82, 2.24) is 19.9 Å². The minimum Gasteiger partial charge on any atom is -0.497 e. The van der Waals surface area contributed by atoms with E-state index in [9.17, 15) is 9.90 Å². The minimum absolute atomic E-state index is 0.219. The van der Waals surface area contributed by atoms with E-state index in [0.29, 0.717) is 0 Å². The lowest BCUT2D eigenvalue weighted by Gasteiger charge is -2.07. The monoisotopic (exact) mass is 688 g/mol. The van der Waals surface area contributed by atoms with E-state index in [0.717, 1.165) is 95.1 Å². The number of hydrogen-bond acceptors (Lipinski definition) is 4. The van der Waals surface area contributed by atoms with E-state index in [1.54, 1.807) is 19.2 Å². The van der Waals surface area contributed by atoms with Gasteiger partial charge in [-0.2, -0.15) is 0 Å².